The van der Waals surface area contributed by atoms with E-state index in [0.29, 0.717) is 15.3 Å². The van der Waals surface area contributed by atoms with Crippen LogP contribution in [0.15, 0.2) is 11.1 Å². The summed E-state index contributed by atoms with van der Waals surface area (Å²) in [6.45, 7) is 3.22. The van der Waals surface area contributed by atoms with Gasteiger partial charge in [0.25, 0.3) is 5.56 Å². The summed E-state index contributed by atoms with van der Waals surface area (Å²) in [6.07, 6.45) is 3.87. The quantitative estimate of drug-likeness (QED) is 0.804. The van der Waals surface area contributed by atoms with E-state index in [2.05, 4.69) is 27.2 Å². The highest BCUT2D eigenvalue weighted by Gasteiger charge is 2.17. The third-order valence-electron chi connectivity index (χ3n) is 3.19. The Balaban J connectivity index is 1.90. The van der Waals surface area contributed by atoms with Gasteiger partial charge in [-0.15, -0.1) is 0 Å². The van der Waals surface area contributed by atoms with Gasteiger partial charge in [-0.2, -0.15) is 0 Å². The van der Waals surface area contributed by atoms with E-state index in [-0.39, 0.29) is 5.56 Å². The van der Waals surface area contributed by atoms with Gasteiger partial charge in [-0.1, -0.05) is 0 Å². The van der Waals surface area contributed by atoms with Crippen LogP contribution in [0.4, 0.5) is 5.82 Å². The van der Waals surface area contributed by atoms with Crippen molar-refractivity contribution < 1.29 is 0 Å². The van der Waals surface area contributed by atoms with E-state index in [1.54, 1.807) is 0 Å². The zero-order valence-electron chi connectivity index (χ0n) is 9.87. The summed E-state index contributed by atoms with van der Waals surface area (Å²) in [5, 5.41) is 3.28. The maximum atomic E-state index is 11.4. The van der Waals surface area contributed by atoms with Crippen LogP contribution in [0, 0.1) is 9.49 Å². The van der Waals surface area contributed by atoms with Gasteiger partial charge in [0.1, 0.15) is 9.39 Å². The van der Waals surface area contributed by atoms with Crippen LogP contribution >= 0.6 is 22.6 Å². The summed E-state index contributed by atoms with van der Waals surface area (Å²) in [6, 6.07) is 0. The van der Waals surface area contributed by atoms with Crippen LogP contribution in [0.5, 0.6) is 0 Å². The molecule has 2 N–H and O–H groups in total. The van der Waals surface area contributed by atoms with Crippen LogP contribution < -0.4 is 10.9 Å². The number of anilines is 1. The van der Waals surface area contributed by atoms with Gasteiger partial charge >= 0.3 is 0 Å². The lowest BCUT2D eigenvalue weighted by Gasteiger charge is -2.29. The van der Waals surface area contributed by atoms with Crippen molar-refractivity contribution >= 4 is 28.4 Å². The number of hydrogen-bond donors (Lipinski definition) is 2. The first-order valence-corrected chi connectivity index (χ1v) is 6.90. The van der Waals surface area contributed by atoms with Gasteiger partial charge in [-0.25, -0.2) is 4.98 Å². The van der Waals surface area contributed by atoms with Gasteiger partial charge < -0.3 is 15.2 Å². The third-order valence-corrected chi connectivity index (χ3v) is 4.19. The number of halogens is 1. The van der Waals surface area contributed by atoms with Crippen LogP contribution in [-0.4, -0.2) is 41.5 Å². The lowest BCUT2D eigenvalue weighted by atomic mass is 9.97. The van der Waals surface area contributed by atoms with Crippen molar-refractivity contribution in [2.75, 3.05) is 32.0 Å². The van der Waals surface area contributed by atoms with E-state index in [1.165, 1.54) is 19.2 Å². The zero-order chi connectivity index (χ0) is 12.3. The van der Waals surface area contributed by atoms with Crippen molar-refractivity contribution in [3.05, 3.63) is 20.3 Å². The van der Waals surface area contributed by atoms with Crippen molar-refractivity contribution in [3.63, 3.8) is 0 Å². The molecule has 1 aliphatic heterocycles. The monoisotopic (exact) mass is 348 g/mol. The van der Waals surface area contributed by atoms with Gasteiger partial charge in [0.15, 0.2) is 0 Å². The minimum atomic E-state index is -0.0773. The van der Waals surface area contributed by atoms with Crippen molar-refractivity contribution in [3.8, 4) is 0 Å². The summed E-state index contributed by atoms with van der Waals surface area (Å²) in [7, 11) is 2.16. The molecule has 0 saturated carbocycles. The second-order valence-electron chi connectivity index (χ2n) is 4.52. The van der Waals surface area contributed by atoms with Gasteiger partial charge in [-0.05, 0) is 61.5 Å². The summed E-state index contributed by atoms with van der Waals surface area (Å²) in [5.41, 5.74) is -0.0773. The summed E-state index contributed by atoms with van der Waals surface area (Å²) in [4.78, 5) is 20.5. The minimum Gasteiger partial charge on any atom is -0.369 e. The molecule has 1 aromatic heterocycles. The molecule has 1 aromatic rings. The highest BCUT2D eigenvalue weighted by molar-refractivity contribution is 14.1. The van der Waals surface area contributed by atoms with E-state index in [1.807, 2.05) is 22.6 Å². The fourth-order valence-electron chi connectivity index (χ4n) is 2.01. The Hall–Kier alpha value is -0.630. The molecule has 0 amide bonds. The van der Waals surface area contributed by atoms with Crippen molar-refractivity contribution in [1.29, 1.82) is 0 Å². The molecule has 2 heterocycles. The molecule has 1 fully saturated rings. The molecule has 17 heavy (non-hydrogen) atoms. The number of hydrogen-bond acceptors (Lipinski definition) is 4. The number of likely N-dealkylation sites (tertiary alicyclic amines) is 1. The molecule has 94 valence electrons. The first kappa shape index (κ1) is 12.8. The molecule has 2 rings (SSSR count). The molecule has 6 heteroatoms. The van der Waals surface area contributed by atoms with Crippen LogP contribution in [-0.2, 0) is 0 Å². The van der Waals surface area contributed by atoms with Gasteiger partial charge in [-0.3, -0.25) is 4.79 Å². The van der Waals surface area contributed by atoms with Crippen LogP contribution in [0.25, 0.3) is 0 Å². The number of nitrogens with zero attached hydrogens (tertiary/aromatic N) is 2. The molecule has 0 atom stereocenters. The minimum absolute atomic E-state index is 0.0773. The molecule has 0 aromatic carbocycles. The molecule has 1 aliphatic rings. The molecular formula is C11H17IN4O. The maximum Gasteiger partial charge on any atom is 0.266 e. The largest absolute Gasteiger partial charge is 0.369 e. The Morgan fingerprint density at radius 2 is 2.29 bits per heavy atom. The second kappa shape index (κ2) is 5.81. The number of piperidine rings is 1. The SMILES string of the molecule is CN1CCC(CNc2nc[nH]c(=O)c2I)CC1. The summed E-state index contributed by atoms with van der Waals surface area (Å²) < 4.78 is 0.637. The van der Waals surface area contributed by atoms with Crippen molar-refractivity contribution in [2.45, 2.75) is 12.8 Å². The Kier molecular flexibility index (Phi) is 4.38. The van der Waals surface area contributed by atoms with Crippen LogP contribution in [0.2, 0.25) is 0 Å². The van der Waals surface area contributed by atoms with E-state index in [9.17, 15) is 4.79 Å². The second-order valence-corrected chi connectivity index (χ2v) is 5.60. The Morgan fingerprint density at radius 3 is 3.00 bits per heavy atom. The molecule has 0 bridgehead atoms. The standard InChI is InChI=1S/C11H17IN4O/c1-16-4-2-8(3-5-16)6-13-10-9(12)11(17)15-7-14-10/h7-8H,2-6H2,1H3,(H2,13,14,15,17). The van der Waals surface area contributed by atoms with Crippen LogP contribution in [0.3, 0.4) is 0 Å². The van der Waals surface area contributed by atoms with Crippen LogP contribution in [0.1, 0.15) is 12.8 Å². The predicted octanol–water partition coefficient (Wildman–Crippen LogP) is 1.13. The molecule has 0 unspecified atom stereocenters. The Bertz CT molecular complexity index is 426. The smallest absolute Gasteiger partial charge is 0.266 e. The molecule has 5 nitrogen and oxygen atoms in total. The summed E-state index contributed by atoms with van der Waals surface area (Å²) >= 11 is 2.03. The van der Waals surface area contributed by atoms with Gasteiger partial charge in [0.05, 0.1) is 6.33 Å². The fourth-order valence-corrected chi connectivity index (χ4v) is 2.50. The first-order valence-electron chi connectivity index (χ1n) is 5.82. The number of H-pyrrole nitrogens is 1. The average molecular weight is 348 g/mol. The molecule has 0 aliphatic carbocycles. The molecule has 0 spiro atoms. The van der Waals surface area contributed by atoms with E-state index >= 15 is 0 Å². The number of aromatic nitrogens is 2. The lowest BCUT2D eigenvalue weighted by molar-refractivity contribution is 0.226. The summed E-state index contributed by atoms with van der Waals surface area (Å²) in [5.74, 6) is 1.39. The normalized spacial score (nSPS) is 18.2. The van der Waals surface area contributed by atoms with E-state index in [0.717, 1.165) is 19.6 Å². The Labute approximate surface area is 114 Å². The number of nitrogens with one attached hydrogen (secondary N) is 2. The molecular weight excluding hydrogens is 331 g/mol. The molecule has 1 saturated heterocycles. The lowest BCUT2D eigenvalue weighted by Crippen LogP contribution is -2.33. The topological polar surface area (TPSA) is 61.0 Å². The number of aromatic amines is 1. The predicted molar refractivity (Wildman–Crippen MR) is 76.3 cm³/mol. The third kappa shape index (κ3) is 3.41. The van der Waals surface area contributed by atoms with Crippen molar-refractivity contribution in [1.82, 2.24) is 14.9 Å². The zero-order valence-corrected chi connectivity index (χ0v) is 12.0. The molecule has 0 radical (unpaired) electrons. The van der Waals surface area contributed by atoms with Crippen molar-refractivity contribution in [2.24, 2.45) is 5.92 Å². The number of rotatable bonds is 3. The van der Waals surface area contributed by atoms with Gasteiger partial charge in [0, 0.05) is 6.54 Å². The first-order chi connectivity index (χ1) is 8.16. The van der Waals surface area contributed by atoms with E-state index < -0.39 is 0 Å². The van der Waals surface area contributed by atoms with Gasteiger partial charge in [0.2, 0.25) is 0 Å². The Morgan fingerprint density at radius 1 is 1.59 bits per heavy atom. The highest BCUT2D eigenvalue weighted by atomic mass is 127. The van der Waals surface area contributed by atoms with E-state index in [4.69, 9.17) is 0 Å². The maximum absolute atomic E-state index is 11.4. The highest BCUT2D eigenvalue weighted by Crippen LogP contribution is 2.17. The average Bonchev–Trinajstić information content (AvgIpc) is 2.33. The fraction of sp³-hybridized carbons (Fsp3) is 0.636.